The van der Waals surface area contributed by atoms with E-state index in [0.29, 0.717) is 6.54 Å². The lowest BCUT2D eigenvalue weighted by atomic mass is 9.95. The van der Waals surface area contributed by atoms with E-state index in [-0.39, 0.29) is 5.54 Å². The second-order valence-electron chi connectivity index (χ2n) is 5.87. The van der Waals surface area contributed by atoms with Crippen LogP contribution >= 0.6 is 11.6 Å². The number of benzene rings is 1. The molecule has 5 heteroatoms. The minimum atomic E-state index is 0.0165. The van der Waals surface area contributed by atoms with Crippen molar-refractivity contribution in [3.05, 3.63) is 29.3 Å². The van der Waals surface area contributed by atoms with Crippen molar-refractivity contribution in [1.29, 1.82) is 0 Å². The highest BCUT2D eigenvalue weighted by molar-refractivity contribution is 6.33. The van der Waals surface area contributed by atoms with Crippen molar-refractivity contribution in [2.75, 3.05) is 51.3 Å². The minimum absolute atomic E-state index is 0.0165. The molecule has 1 saturated heterocycles. The van der Waals surface area contributed by atoms with E-state index in [9.17, 15) is 0 Å². The zero-order chi connectivity index (χ0) is 15.3. The monoisotopic (exact) mass is 311 g/mol. The summed E-state index contributed by atoms with van der Waals surface area (Å²) in [5, 5.41) is 0.826. The van der Waals surface area contributed by atoms with Gasteiger partial charge in [-0.2, -0.15) is 0 Å². The van der Waals surface area contributed by atoms with Gasteiger partial charge in [0.15, 0.2) is 0 Å². The Hall–Kier alpha value is -0.810. The van der Waals surface area contributed by atoms with Gasteiger partial charge in [-0.3, -0.25) is 4.90 Å². The number of nitrogens with two attached hydrogens (primary N) is 1. The summed E-state index contributed by atoms with van der Waals surface area (Å²) >= 11 is 6.29. The lowest BCUT2D eigenvalue weighted by Gasteiger charge is -2.46. The summed E-state index contributed by atoms with van der Waals surface area (Å²) in [6.07, 6.45) is 0.964. The van der Waals surface area contributed by atoms with Gasteiger partial charge in [0.05, 0.1) is 10.7 Å². The van der Waals surface area contributed by atoms with Crippen LogP contribution in [-0.2, 0) is 4.74 Å². The summed E-state index contributed by atoms with van der Waals surface area (Å²) in [5.74, 6) is 0. The molecular weight excluding hydrogens is 286 g/mol. The van der Waals surface area contributed by atoms with Crippen LogP contribution in [-0.4, -0.2) is 56.9 Å². The van der Waals surface area contributed by atoms with Crippen molar-refractivity contribution in [2.24, 2.45) is 5.73 Å². The average Bonchev–Trinajstić information content (AvgIpc) is 2.53. The third-order valence-corrected chi connectivity index (χ3v) is 4.84. The SMILES string of the molecule is COCCC(C)(CN)N1CCN(c2ccccc2Cl)CC1. The zero-order valence-corrected chi connectivity index (χ0v) is 13.8. The molecule has 1 fully saturated rings. The Morgan fingerprint density at radius 1 is 1.24 bits per heavy atom. The molecule has 0 bridgehead atoms. The molecule has 118 valence electrons. The fourth-order valence-corrected chi connectivity index (χ4v) is 3.16. The number of piperazine rings is 1. The molecule has 1 aromatic rings. The largest absolute Gasteiger partial charge is 0.385 e. The third-order valence-electron chi connectivity index (χ3n) is 4.52. The van der Waals surface area contributed by atoms with Crippen molar-refractivity contribution in [3.63, 3.8) is 0 Å². The number of anilines is 1. The fraction of sp³-hybridized carbons (Fsp3) is 0.625. The van der Waals surface area contributed by atoms with Crippen molar-refractivity contribution in [3.8, 4) is 0 Å². The van der Waals surface area contributed by atoms with Crippen LogP contribution in [0.25, 0.3) is 0 Å². The van der Waals surface area contributed by atoms with Crippen LogP contribution in [0, 0.1) is 0 Å². The van der Waals surface area contributed by atoms with Gasteiger partial charge >= 0.3 is 0 Å². The molecule has 21 heavy (non-hydrogen) atoms. The summed E-state index contributed by atoms with van der Waals surface area (Å²) in [7, 11) is 1.74. The number of hydrogen-bond acceptors (Lipinski definition) is 4. The molecule has 1 heterocycles. The molecule has 1 aliphatic heterocycles. The molecule has 0 radical (unpaired) electrons. The molecule has 1 unspecified atom stereocenters. The highest BCUT2D eigenvalue weighted by Gasteiger charge is 2.32. The summed E-state index contributed by atoms with van der Waals surface area (Å²) < 4.78 is 5.23. The standard InChI is InChI=1S/C16H26ClN3O/c1-16(13-18,7-12-21-2)20-10-8-19(9-11-20)15-6-4-3-5-14(15)17/h3-6H,7-13,18H2,1-2H3. The van der Waals surface area contributed by atoms with Gasteiger partial charge in [0, 0.05) is 52.0 Å². The lowest BCUT2D eigenvalue weighted by Crippen LogP contribution is -2.59. The van der Waals surface area contributed by atoms with E-state index in [0.717, 1.165) is 49.9 Å². The molecule has 1 aliphatic rings. The number of halogens is 1. The summed E-state index contributed by atoms with van der Waals surface area (Å²) in [6, 6.07) is 8.05. The van der Waals surface area contributed by atoms with Crippen LogP contribution in [0.15, 0.2) is 24.3 Å². The van der Waals surface area contributed by atoms with E-state index in [1.165, 1.54) is 0 Å². The lowest BCUT2D eigenvalue weighted by molar-refractivity contribution is 0.0638. The first kappa shape index (κ1) is 16.6. The topological polar surface area (TPSA) is 41.7 Å². The predicted molar refractivity (Wildman–Crippen MR) is 89.2 cm³/mol. The van der Waals surface area contributed by atoms with Gasteiger partial charge in [-0.05, 0) is 25.5 Å². The molecule has 4 nitrogen and oxygen atoms in total. The minimum Gasteiger partial charge on any atom is -0.385 e. The maximum Gasteiger partial charge on any atom is 0.0639 e. The van der Waals surface area contributed by atoms with E-state index in [1.54, 1.807) is 7.11 Å². The first-order chi connectivity index (χ1) is 10.1. The molecule has 0 saturated carbocycles. The van der Waals surface area contributed by atoms with Gasteiger partial charge in [0.1, 0.15) is 0 Å². The molecule has 1 atom stereocenters. The van der Waals surface area contributed by atoms with E-state index >= 15 is 0 Å². The van der Waals surface area contributed by atoms with E-state index in [2.05, 4.69) is 22.8 Å². The van der Waals surface area contributed by atoms with Gasteiger partial charge in [-0.1, -0.05) is 23.7 Å². The van der Waals surface area contributed by atoms with Crippen LogP contribution in [0.5, 0.6) is 0 Å². The van der Waals surface area contributed by atoms with Gasteiger partial charge in [-0.25, -0.2) is 0 Å². The number of hydrogen-bond donors (Lipinski definition) is 1. The van der Waals surface area contributed by atoms with E-state index in [4.69, 9.17) is 22.1 Å². The summed E-state index contributed by atoms with van der Waals surface area (Å²) in [4.78, 5) is 4.84. The van der Waals surface area contributed by atoms with Crippen molar-refractivity contribution in [1.82, 2.24) is 4.90 Å². The first-order valence-corrected chi connectivity index (χ1v) is 7.92. The maximum atomic E-state index is 6.29. The van der Waals surface area contributed by atoms with E-state index in [1.807, 2.05) is 18.2 Å². The molecule has 0 amide bonds. The molecule has 0 spiro atoms. The van der Waals surface area contributed by atoms with Crippen LogP contribution in [0.4, 0.5) is 5.69 Å². The molecule has 0 aromatic heterocycles. The van der Waals surface area contributed by atoms with Crippen molar-refractivity contribution < 1.29 is 4.74 Å². The Kier molecular flexibility index (Phi) is 5.88. The molecular formula is C16H26ClN3O. The fourth-order valence-electron chi connectivity index (χ4n) is 2.91. The maximum absolute atomic E-state index is 6.29. The third kappa shape index (κ3) is 3.89. The van der Waals surface area contributed by atoms with Gasteiger partial charge < -0.3 is 15.4 Å². The van der Waals surface area contributed by atoms with Crippen LogP contribution < -0.4 is 10.6 Å². The number of methoxy groups -OCH3 is 1. The highest BCUT2D eigenvalue weighted by Crippen LogP contribution is 2.28. The normalized spacial score (nSPS) is 19.5. The average molecular weight is 312 g/mol. The molecule has 2 N–H and O–H groups in total. The van der Waals surface area contributed by atoms with Gasteiger partial charge in [-0.15, -0.1) is 0 Å². The predicted octanol–water partition coefficient (Wildman–Crippen LogP) is 2.22. The van der Waals surface area contributed by atoms with Crippen LogP contribution in [0.3, 0.4) is 0 Å². The Labute approximate surface area is 132 Å². The molecule has 2 rings (SSSR count). The van der Waals surface area contributed by atoms with Gasteiger partial charge in [0.2, 0.25) is 0 Å². The summed E-state index contributed by atoms with van der Waals surface area (Å²) in [6.45, 7) is 7.60. The Bertz CT molecular complexity index is 449. The number of para-hydroxylation sites is 1. The number of rotatable bonds is 6. The Morgan fingerprint density at radius 2 is 1.90 bits per heavy atom. The second-order valence-corrected chi connectivity index (χ2v) is 6.28. The van der Waals surface area contributed by atoms with E-state index < -0.39 is 0 Å². The Balaban J connectivity index is 1.98. The number of ether oxygens (including phenoxy) is 1. The zero-order valence-electron chi connectivity index (χ0n) is 13.0. The molecule has 1 aromatic carbocycles. The van der Waals surface area contributed by atoms with Crippen LogP contribution in [0.2, 0.25) is 5.02 Å². The quantitative estimate of drug-likeness (QED) is 0.874. The highest BCUT2D eigenvalue weighted by atomic mass is 35.5. The summed E-state index contributed by atoms with van der Waals surface area (Å²) in [5.41, 5.74) is 7.16. The second kappa shape index (κ2) is 7.45. The molecule has 0 aliphatic carbocycles. The number of nitrogens with zero attached hydrogens (tertiary/aromatic N) is 2. The van der Waals surface area contributed by atoms with Crippen molar-refractivity contribution >= 4 is 17.3 Å². The van der Waals surface area contributed by atoms with Crippen LogP contribution in [0.1, 0.15) is 13.3 Å². The van der Waals surface area contributed by atoms with Gasteiger partial charge in [0.25, 0.3) is 0 Å². The Morgan fingerprint density at radius 3 is 2.48 bits per heavy atom. The smallest absolute Gasteiger partial charge is 0.0639 e. The van der Waals surface area contributed by atoms with Crippen molar-refractivity contribution in [2.45, 2.75) is 18.9 Å². The first-order valence-electron chi connectivity index (χ1n) is 7.54.